The first-order valence-corrected chi connectivity index (χ1v) is 11.4. The van der Waals surface area contributed by atoms with Crippen LogP contribution in [-0.4, -0.2) is 71.0 Å². The van der Waals surface area contributed by atoms with E-state index in [0.717, 1.165) is 25.2 Å². The Morgan fingerprint density at radius 1 is 1.10 bits per heavy atom. The lowest BCUT2D eigenvalue weighted by molar-refractivity contribution is -0.000308. The van der Waals surface area contributed by atoms with E-state index < -0.39 is 5.91 Å². The number of piperidine rings is 2. The van der Waals surface area contributed by atoms with Gasteiger partial charge in [-0.25, -0.2) is 0 Å². The second-order valence-corrected chi connectivity index (χ2v) is 9.60. The molecule has 0 saturated carbocycles. The molecule has 2 N–H and O–H groups in total. The van der Waals surface area contributed by atoms with Crippen LogP contribution in [0, 0.1) is 0 Å². The zero-order valence-electron chi connectivity index (χ0n) is 18.7. The third-order valence-electron chi connectivity index (χ3n) is 7.67. The molecular weight excluding hydrogens is 414 g/mol. The Balaban J connectivity index is 0.00000231. The summed E-state index contributed by atoms with van der Waals surface area (Å²) in [6.45, 7) is 6.53. The third kappa shape index (κ3) is 3.92. The van der Waals surface area contributed by atoms with Gasteiger partial charge in [-0.2, -0.15) is 4.98 Å². The normalized spacial score (nSPS) is 32.1. The van der Waals surface area contributed by atoms with Crippen LogP contribution in [0.25, 0.3) is 11.1 Å². The molecule has 0 spiro atoms. The van der Waals surface area contributed by atoms with E-state index in [1.807, 2.05) is 6.07 Å². The molecule has 31 heavy (non-hydrogen) atoms. The lowest BCUT2D eigenvalue weighted by Gasteiger charge is -2.53. The van der Waals surface area contributed by atoms with Crippen molar-refractivity contribution in [1.29, 1.82) is 0 Å². The van der Waals surface area contributed by atoms with Crippen molar-refractivity contribution >= 4 is 35.4 Å². The van der Waals surface area contributed by atoms with Crippen molar-refractivity contribution < 1.29 is 9.21 Å². The minimum atomic E-state index is -0.473. The number of benzene rings is 1. The van der Waals surface area contributed by atoms with Crippen LogP contribution in [0.3, 0.4) is 0 Å². The second kappa shape index (κ2) is 8.60. The molecule has 3 fully saturated rings. The molecule has 2 unspecified atom stereocenters. The lowest BCUT2D eigenvalue weighted by Crippen LogP contribution is -2.63. The number of hydrogen-bond acceptors (Lipinski definition) is 6. The van der Waals surface area contributed by atoms with Gasteiger partial charge in [0.15, 0.2) is 5.58 Å². The largest absolute Gasteiger partial charge is 0.423 e. The second-order valence-electron chi connectivity index (χ2n) is 9.60. The van der Waals surface area contributed by atoms with Gasteiger partial charge in [-0.3, -0.25) is 9.69 Å². The Labute approximate surface area is 190 Å². The molecule has 4 heterocycles. The summed E-state index contributed by atoms with van der Waals surface area (Å²) in [7, 11) is 2.32. The number of primary amides is 1. The number of anilines is 1. The number of para-hydroxylation sites is 1. The number of carbonyl (C=O) groups excluding carboxylic acids is 1. The van der Waals surface area contributed by atoms with Gasteiger partial charge in [-0.1, -0.05) is 12.5 Å². The number of oxazole rings is 1. The summed E-state index contributed by atoms with van der Waals surface area (Å²) in [5, 5.41) is 0. The summed E-state index contributed by atoms with van der Waals surface area (Å²) in [6.07, 6.45) is 6.66. The molecule has 1 amide bonds. The number of nitrogens with zero attached hydrogens (tertiary/aromatic N) is 4. The highest BCUT2D eigenvalue weighted by atomic mass is 35.5. The van der Waals surface area contributed by atoms with Gasteiger partial charge in [-0.15, -0.1) is 12.4 Å². The maximum atomic E-state index is 11.8. The van der Waals surface area contributed by atoms with Crippen molar-refractivity contribution in [3.05, 3.63) is 23.8 Å². The highest BCUT2D eigenvalue weighted by molar-refractivity contribution is 6.03. The van der Waals surface area contributed by atoms with Gasteiger partial charge in [0.1, 0.15) is 5.52 Å². The molecule has 3 aliphatic rings. The van der Waals surface area contributed by atoms with Crippen molar-refractivity contribution in [2.45, 2.75) is 76.2 Å². The van der Waals surface area contributed by atoms with Crippen LogP contribution in [-0.2, 0) is 0 Å². The number of fused-ring (bicyclic) bond motifs is 3. The molecule has 4 atom stereocenters. The molecule has 1 aromatic carbocycles. The van der Waals surface area contributed by atoms with Crippen LogP contribution in [0.2, 0.25) is 0 Å². The van der Waals surface area contributed by atoms with Gasteiger partial charge in [-0.05, 0) is 58.7 Å². The predicted molar refractivity (Wildman–Crippen MR) is 125 cm³/mol. The molecule has 3 aliphatic heterocycles. The fraction of sp³-hybridized carbons (Fsp3) is 0.652. The van der Waals surface area contributed by atoms with E-state index in [1.54, 1.807) is 12.1 Å². The number of hydrogen-bond donors (Lipinski definition) is 1. The van der Waals surface area contributed by atoms with Crippen LogP contribution in [0.5, 0.6) is 0 Å². The first-order chi connectivity index (χ1) is 14.4. The highest BCUT2D eigenvalue weighted by Gasteiger charge is 2.41. The van der Waals surface area contributed by atoms with E-state index in [2.05, 4.69) is 40.6 Å². The monoisotopic (exact) mass is 447 g/mol. The number of piperazine rings is 1. The average Bonchev–Trinajstić information content (AvgIpc) is 3.10. The zero-order valence-corrected chi connectivity index (χ0v) is 19.5. The van der Waals surface area contributed by atoms with Gasteiger partial charge in [0.25, 0.3) is 11.9 Å². The Hall–Kier alpha value is -1.83. The Bertz CT molecular complexity index is 923. The van der Waals surface area contributed by atoms with Crippen LogP contribution in [0.1, 0.15) is 56.3 Å². The lowest BCUT2D eigenvalue weighted by atomic mass is 9.81. The zero-order chi connectivity index (χ0) is 21.0. The van der Waals surface area contributed by atoms with Crippen molar-refractivity contribution in [1.82, 2.24) is 14.8 Å². The number of rotatable bonds is 3. The molecule has 8 heteroatoms. The molecule has 5 rings (SSSR count). The molecule has 3 saturated heterocycles. The fourth-order valence-electron chi connectivity index (χ4n) is 6.17. The van der Waals surface area contributed by atoms with Gasteiger partial charge in [0.05, 0.1) is 5.56 Å². The molecule has 170 valence electrons. The molecule has 2 bridgehead atoms. The van der Waals surface area contributed by atoms with Crippen molar-refractivity contribution in [2.75, 3.05) is 25.0 Å². The van der Waals surface area contributed by atoms with Gasteiger partial charge in [0, 0.05) is 43.3 Å². The maximum Gasteiger partial charge on any atom is 0.298 e. The van der Waals surface area contributed by atoms with Gasteiger partial charge >= 0.3 is 0 Å². The Kier molecular flexibility index (Phi) is 6.21. The van der Waals surface area contributed by atoms with Crippen LogP contribution < -0.4 is 10.6 Å². The third-order valence-corrected chi connectivity index (χ3v) is 7.67. The smallest absolute Gasteiger partial charge is 0.298 e. The number of carbonyl (C=O) groups is 1. The van der Waals surface area contributed by atoms with E-state index in [9.17, 15) is 4.79 Å². The van der Waals surface area contributed by atoms with Gasteiger partial charge in [0.2, 0.25) is 0 Å². The summed E-state index contributed by atoms with van der Waals surface area (Å²) in [4.78, 5) is 24.1. The molecule has 0 aliphatic carbocycles. The quantitative estimate of drug-likeness (QED) is 0.777. The van der Waals surface area contributed by atoms with E-state index in [-0.39, 0.29) is 12.4 Å². The maximum absolute atomic E-state index is 11.8. The Morgan fingerprint density at radius 2 is 1.74 bits per heavy atom. The molecule has 1 aromatic heterocycles. The highest BCUT2D eigenvalue weighted by Crippen LogP contribution is 2.37. The minimum absolute atomic E-state index is 0. The topological polar surface area (TPSA) is 78.8 Å². The minimum Gasteiger partial charge on any atom is -0.423 e. The Morgan fingerprint density at radius 3 is 2.35 bits per heavy atom. The summed E-state index contributed by atoms with van der Waals surface area (Å²) >= 11 is 0. The van der Waals surface area contributed by atoms with Crippen molar-refractivity contribution in [2.24, 2.45) is 5.73 Å². The van der Waals surface area contributed by atoms with E-state index >= 15 is 0 Å². The summed E-state index contributed by atoms with van der Waals surface area (Å²) < 4.78 is 6.08. The molecule has 2 aromatic rings. The average molecular weight is 448 g/mol. The summed E-state index contributed by atoms with van der Waals surface area (Å²) in [5.41, 5.74) is 7.12. The van der Waals surface area contributed by atoms with E-state index in [1.165, 1.54) is 32.1 Å². The fourth-order valence-corrected chi connectivity index (χ4v) is 6.17. The standard InChI is InChI=1S/C23H33N5O2.ClH/c1-14-12-27(18-10-16-6-4-7-17(11-18)26(16)3)13-15(2)28(14)23-25-21-19(22(24)29)8-5-9-20(21)30-23;/h5,8-9,14-18H,4,6-7,10-13H2,1-3H3,(H2,24,29);1H/t14-,15-,16?,17?,18?;/m1./s1. The SMILES string of the molecule is C[C@@H]1CN(C2CC3CCCC(C2)N3C)C[C@@H](C)N1c1nc2c(C(N)=O)cccc2o1.Cl. The van der Waals surface area contributed by atoms with Gasteiger partial charge < -0.3 is 20.0 Å². The molecular formula is C23H34ClN5O2. The first-order valence-electron chi connectivity index (χ1n) is 11.4. The van der Waals surface area contributed by atoms with Crippen molar-refractivity contribution in [3.63, 3.8) is 0 Å². The van der Waals surface area contributed by atoms with E-state index in [0.29, 0.717) is 40.8 Å². The van der Waals surface area contributed by atoms with Crippen LogP contribution in [0.15, 0.2) is 22.6 Å². The van der Waals surface area contributed by atoms with Crippen LogP contribution in [0.4, 0.5) is 6.01 Å². The summed E-state index contributed by atoms with van der Waals surface area (Å²) in [6, 6.07) is 8.69. The van der Waals surface area contributed by atoms with E-state index in [4.69, 9.17) is 10.2 Å². The number of aromatic nitrogens is 1. The van der Waals surface area contributed by atoms with Crippen LogP contribution >= 0.6 is 12.4 Å². The number of halogens is 1. The molecule has 7 nitrogen and oxygen atoms in total. The first kappa shape index (κ1) is 22.4. The predicted octanol–water partition coefficient (Wildman–Crippen LogP) is 3.26. The van der Waals surface area contributed by atoms with Crippen molar-refractivity contribution in [3.8, 4) is 0 Å². The number of amides is 1. The molecule has 0 radical (unpaired) electrons. The number of nitrogens with two attached hydrogens (primary N) is 1. The summed E-state index contributed by atoms with van der Waals surface area (Å²) in [5.74, 6) is -0.473.